The summed E-state index contributed by atoms with van der Waals surface area (Å²) in [5.74, 6) is 0.233. The van der Waals surface area contributed by atoms with Gasteiger partial charge < -0.3 is 14.8 Å². The predicted octanol–water partition coefficient (Wildman–Crippen LogP) is 4.06. The first-order valence-corrected chi connectivity index (χ1v) is 11.3. The molecule has 0 saturated heterocycles. The van der Waals surface area contributed by atoms with E-state index in [1.54, 1.807) is 66.5 Å². The molecule has 8 heteroatoms. The van der Waals surface area contributed by atoms with Gasteiger partial charge in [-0.3, -0.25) is 9.59 Å². The van der Waals surface area contributed by atoms with Crippen LogP contribution in [0.25, 0.3) is 6.08 Å². The minimum Gasteiger partial charge on any atom is -0.454 e. The fraction of sp³-hybridized carbons (Fsp3) is 0.0800. The topological polar surface area (TPSA) is 89.0 Å². The van der Waals surface area contributed by atoms with Crippen molar-refractivity contribution in [3.05, 3.63) is 95.2 Å². The highest BCUT2D eigenvalue weighted by Gasteiger charge is 2.16. The fourth-order valence-corrected chi connectivity index (χ4v) is 3.44. The van der Waals surface area contributed by atoms with Gasteiger partial charge in [0.15, 0.2) is 11.5 Å². The maximum Gasteiger partial charge on any atom is 0.287 e. The highest BCUT2D eigenvalue weighted by atomic mass is 32.2. The van der Waals surface area contributed by atoms with Crippen molar-refractivity contribution in [3.8, 4) is 11.5 Å². The quantitative estimate of drug-likeness (QED) is 0.241. The van der Waals surface area contributed by atoms with E-state index in [1.807, 2.05) is 36.6 Å². The highest BCUT2D eigenvalue weighted by molar-refractivity contribution is 7.98. The van der Waals surface area contributed by atoms with E-state index in [0.717, 1.165) is 10.5 Å². The molecule has 0 fully saturated rings. The number of hydrogen-bond acceptors (Lipinski definition) is 6. The van der Waals surface area contributed by atoms with E-state index < -0.39 is 11.8 Å². The number of nitrogens with zero attached hydrogens (tertiary/aromatic N) is 1. The molecule has 33 heavy (non-hydrogen) atoms. The van der Waals surface area contributed by atoms with Crippen LogP contribution in [-0.2, 0) is 4.79 Å². The van der Waals surface area contributed by atoms with Gasteiger partial charge in [-0.1, -0.05) is 36.4 Å². The normalized spacial score (nSPS) is 12.6. The molecular weight excluding hydrogens is 438 g/mol. The van der Waals surface area contributed by atoms with Crippen molar-refractivity contribution in [2.75, 3.05) is 13.0 Å². The predicted molar refractivity (Wildman–Crippen MR) is 128 cm³/mol. The van der Waals surface area contributed by atoms with Crippen LogP contribution in [0.2, 0.25) is 0 Å². The molecule has 0 aliphatic carbocycles. The van der Waals surface area contributed by atoms with Crippen LogP contribution >= 0.6 is 11.8 Å². The van der Waals surface area contributed by atoms with Crippen LogP contribution in [0.15, 0.2) is 88.5 Å². The standard InChI is InChI=1S/C25H21N3O4S/c1-33-20-10-7-17(8-11-20)15-26-28-25(30)21(27-24(29)19-5-3-2-4-6-19)13-18-9-12-22-23(14-18)32-16-31-22/h2-15H,16H2,1H3,(H,27,29)(H,28,30)/b21-13+,26-15+. The number of benzene rings is 3. The zero-order chi connectivity index (χ0) is 23.0. The van der Waals surface area contributed by atoms with Crippen molar-refractivity contribution in [2.45, 2.75) is 4.90 Å². The van der Waals surface area contributed by atoms with Crippen LogP contribution in [-0.4, -0.2) is 31.1 Å². The van der Waals surface area contributed by atoms with Crippen molar-refractivity contribution in [1.82, 2.24) is 10.7 Å². The first-order valence-electron chi connectivity index (χ1n) is 10.1. The zero-order valence-electron chi connectivity index (χ0n) is 17.8. The lowest BCUT2D eigenvalue weighted by Crippen LogP contribution is -2.32. The Hall–Kier alpha value is -4.04. The molecule has 0 saturated carbocycles. The molecule has 7 nitrogen and oxygen atoms in total. The second-order valence-electron chi connectivity index (χ2n) is 6.96. The first kappa shape index (κ1) is 22.2. The summed E-state index contributed by atoms with van der Waals surface area (Å²) in [6.45, 7) is 0.146. The summed E-state index contributed by atoms with van der Waals surface area (Å²) in [5, 5.41) is 6.70. The maximum atomic E-state index is 12.9. The molecule has 3 aromatic carbocycles. The molecular formula is C25H21N3O4S. The lowest BCUT2D eigenvalue weighted by atomic mass is 10.1. The molecule has 0 unspecified atom stereocenters. The summed E-state index contributed by atoms with van der Waals surface area (Å²) in [7, 11) is 0. The average Bonchev–Trinajstić information content (AvgIpc) is 3.32. The third-order valence-corrected chi connectivity index (χ3v) is 5.48. The van der Waals surface area contributed by atoms with Crippen molar-refractivity contribution in [2.24, 2.45) is 5.10 Å². The van der Waals surface area contributed by atoms with Gasteiger partial charge in [0, 0.05) is 10.5 Å². The summed E-state index contributed by atoms with van der Waals surface area (Å²) in [6, 6.07) is 21.7. The Morgan fingerprint density at radius 3 is 2.42 bits per heavy atom. The van der Waals surface area contributed by atoms with E-state index in [2.05, 4.69) is 15.8 Å². The van der Waals surface area contributed by atoms with Gasteiger partial charge in [0.2, 0.25) is 6.79 Å². The van der Waals surface area contributed by atoms with Crippen LogP contribution in [0.5, 0.6) is 11.5 Å². The lowest BCUT2D eigenvalue weighted by molar-refractivity contribution is -0.117. The Labute approximate surface area is 195 Å². The molecule has 2 amide bonds. The Morgan fingerprint density at radius 2 is 1.67 bits per heavy atom. The number of ether oxygens (including phenoxy) is 2. The van der Waals surface area contributed by atoms with Gasteiger partial charge in [-0.15, -0.1) is 11.8 Å². The van der Waals surface area contributed by atoms with E-state index >= 15 is 0 Å². The monoisotopic (exact) mass is 459 g/mol. The third-order valence-electron chi connectivity index (χ3n) is 4.73. The summed E-state index contributed by atoms with van der Waals surface area (Å²) in [5.41, 5.74) is 4.44. The van der Waals surface area contributed by atoms with E-state index in [-0.39, 0.29) is 12.5 Å². The molecule has 1 aliphatic heterocycles. The van der Waals surface area contributed by atoms with Gasteiger partial charge in [0.05, 0.1) is 6.21 Å². The summed E-state index contributed by atoms with van der Waals surface area (Å²) < 4.78 is 10.7. The number of hydrogen-bond donors (Lipinski definition) is 2. The summed E-state index contributed by atoms with van der Waals surface area (Å²) in [6.07, 6.45) is 5.10. The van der Waals surface area contributed by atoms with Crippen LogP contribution < -0.4 is 20.2 Å². The minimum absolute atomic E-state index is 0.0394. The van der Waals surface area contributed by atoms with E-state index in [0.29, 0.717) is 22.6 Å². The van der Waals surface area contributed by atoms with Crippen LogP contribution in [0.1, 0.15) is 21.5 Å². The molecule has 0 bridgehead atoms. The molecule has 3 aromatic rings. The first-order chi connectivity index (χ1) is 16.1. The van der Waals surface area contributed by atoms with Crippen molar-refractivity contribution >= 4 is 35.9 Å². The number of amides is 2. The number of nitrogens with one attached hydrogen (secondary N) is 2. The number of rotatable bonds is 7. The van der Waals surface area contributed by atoms with Crippen molar-refractivity contribution in [3.63, 3.8) is 0 Å². The van der Waals surface area contributed by atoms with Gasteiger partial charge >= 0.3 is 0 Å². The second-order valence-corrected chi connectivity index (χ2v) is 7.84. The van der Waals surface area contributed by atoms with Gasteiger partial charge in [-0.2, -0.15) is 5.10 Å². The minimum atomic E-state index is -0.561. The fourth-order valence-electron chi connectivity index (χ4n) is 3.03. The van der Waals surface area contributed by atoms with Crippen LogP contribution in [0, 0.1) is 0 Å². The number of carbonyl (C=O) groups is 2. The number of carbonyl (C=O) groups excluding carboxylic acids is 2. The Kier molecular flexibility index (Phi) is 7.06. The Morgan fingerprint density at radius 1 is 0.939 bits per heavy atom. The van der Waals surface area contributed by atoms with E-state index in [9.17, 15) is 9.59 Å². The van der Waals surface area contributed by atoms with E-state index in [4.69, 9.17) is 9.47 Å². The van der Waals surface area contributed by atoms with Gasteiger partial charge in [0.25, 0.3) is 11.8 Å². The largest absolute Gasteiger partial charge is 0.454 e. The molecule has 0 atom stereocenters. The molecule has 4 rings (SSSR count). The van der Waals surface area contributed by atoms with Gasteiger partial charge in [-0.25, -0.2) is 5.43 Å². The SMILES string of the molecule is CSc1ccc(/C=N/NC(=O)/C(=C\c2ccc3c(c2)OCO3)NC(=O)c2ccccc2)cc1. The van der Waals surface area contributed by atoms with Gasteiger partial charge in [-0.05, 0) is 59.9 Å². The molecule has 0 aromatic heterocycles. The third kappa shape index (κ3) is 5.81. The van der Waals surface area contributed by atoms with Crippen LogP contribution in [0.3, 0.4) is 0 Å². The number of hydrazone groups is 1. The Bertz CT molecular complexity index is 1210. The zero-order valence-corrected chi connectivity index (χ0v) is 18.6. The second kappa shape index (κ2) is 10.5. The highest BCUT2D eigenvalue weighted by Crippen LogP contribution is 2.33. The molecule has 166 valence electrons. The molecule has 0 radical (unpaired) electrons. The van der Waals surface area contributed by atoms with Crippen molar-refractivity contribution < 1.29 is 19.1 Å². The lowest BCUT2D eigenvalue weighted by Gasteiger charge is -2.09. The number of fused-ring (bicyclic) bond motifs is 1. The molecule has 1 aliphatic rings. The van der Waals surface area contributed by atoms with Crippen molar-refractivity contribution in [1.29, 1.82) is 0 Å². The smallest absolute Gasteiger partial charge is 0.287 e. The Balaban J connectivity index is 1.53. The maximum absolute atomic E-state index is 12.9. The molecule has 0 spiro atoms. The molecule has 2 N–H and O–H groups in total. The number of thioether (sulfide) groups is 1. The van der Waals surface area contributed by atoms with E-state index in [1.165, 1.54) is 0 Å². The average molecular weight is 460 g/mol. The van der Waals surface area contributed by atoms with Crippen LogP contribution in [0.4, 0.5) is 0 Å². The summed E-state index contributed by atoms with van der Waals surface area (Å²) >= 11 is 1.64. The molecule has 1 heterocycles. The summed E-state index contributed by atoms with van der Waals surface area (Å²) in [4.78, 5) is 26.7. The van der Waals surface area contributed by atoms with Gasteiger partial charge in [0.1, 0.15) is 5.70 Å².